The lowest BCUT2D eigenvalue weighted by Gasteiger charge is -2.30. The van der Waals surface area contributed by atoms with Crippen molar-refractivity contribution in [3.05, 3.63) is 0 Å². The second-order valence-corrected chi connectivity index (χ2v) is 4.29. The number of nitrogens with zero attached hydrogens (tertiary/aromatic N) is 1. The van der Waals surface area contributed by atoms with Gasteiger partial charge >= 0.3 is 0 Å². The van der Waals surface area contributed by atoms with Crippen molar-refractivity contribution in [1.29, 1.82) is 0 Å². The SMILES string of the molecule is O=C(C1CCCCCN1)N1CCOCC1. The Hall–Kier alpha value is -0.610. The normalized spacial score (nSPS) is 28.5. The van der Waals surface area contributed by atoms with Crippen molar-refractivity contribution >= 4 is 5.91 Å². The predicted molar refractivity (Wildman–Crippen MR) is 57.7 cm³/mol. The number of carbonyl (C=O) groups is 1. The molecule has 0 aromatic rings. The number of hydrogen-bond donors (Lipinski definition) is 1. The Balaban J connectivity index is 1.87. The molecule has 0 saturated carbocycles. The summed E-state index contributed by atoms with van der Waals surface area (Å²) in [5.74, 6) is 0.278. The highest BCUT2D eigenvalue weighted by Crippen LogP contribution is 2.11. The van der Waals surface area contributed by atoms with Gasteiger partial charge in [-0.2, -0.15) is 0 Å². The zero-order chi connectivity index (χ0) is 10.5. The highest BCUT2D eigenvalue weighted by Gasteiger charge is 2.25. The van der Waals surface area contributed by atoms with Gasteiger partial charge in [-0.3, -0.25) is 4.79 Å². The smallest absolute Gasteiger partial charge is 0.239 e. The van der Waals surface area contributed by atoms with Crippen LogP contribution in [-0.2, 0) is 9.53 Å². The first-order valence-electron chi connectivity index (χ1n) is 5.98. The lowest BCUT2D eigenvalue weighted by Crippen LogP contribution is -2.50. The molecule has 0 radical (unpaired) electrons. The van der Waals surface area contributed by atoms with Crippen LogP contribution < -0.4 is 5.32 Å². The molecule has 1 amide bonds. The molecule has 2 fully saturated rings. The van der Waals surface area contributed by atoms with E-state index < -0.39 is 0 Å². The minimum Gasteiger partial charge on any atom is -0.378 e. The molecular formula is C11H20N2O2. The summed E-state index contributed by atoms with van der Waals surface area (Å²) in [7, 11) is 0. The van der Waals surface area contributed by atoms with Crippen LogP contribution in [0.5, 0.6) is 0 Å². The Bertz CT molecular complexity index is 207. The van der Waals surface area contributed by atoms with Gasteiger partial charge in [-0.25, -0.2) is 0 Å². The van der Waals surface area contributed by atoms with Crippen LogP contribution in [0, 0.1) is 0 Å². The van der Waals surface area contributed by atoms with Crippen LogP contribution in [0.15, 0.2) is 0 Å². The van der Waals surface area contributed by atoms with Gasteiger partial charge in [0.2, 0.25) is 5.91 Å². The zero-order valence-electron chi connectivity index (χ0n) is 9.21. The molecule has 2 aliphatic heterocycles. The number of amides is 1. The standard InChI is InChI=1S/C11H20N2O2/c14-11(13-6-8-15-9-7-13)10-4-2-1-3-5-12-10/h10,12H,1-9H2. The van der Waals surface area contributed by atoms with Crippen LogP contribution in [0.25, 0.3) is 0 Å². The van der Waals surface area contributed by atoms with E-state index in [-0.39, 0.29) is 11.9 Å². The third kappa shape index (κ3) is 2.92. The quantitative estimate of drug-likeness (QED) is 0.683. The average molecular weight is 212 g/mol. The van der Waals surface area contributed by atoms with E-state index in [2.05, 4.69) is 5.32 Å². The molecule has 1 unspecified atom stereocenters. The van der Waals surface area contributed by atoms with Gasteiger partial charge in [0.1, 0.15) is 0 Å². The molecular weight excluding hydrogens is 192 g/mol. The molecule has 1 N–H and O–H groups in total. The number of nitrogens with one attached hydrogen (secondary N) is 1. The van der Waals surface area contributed by atoms with Gasteiger partial charge < -0.3 is 15.0 Å². The van der Waals surface area contributed by atoms with E-state index in [1.165, 1.54) is 19.3 Å². The average Bonchev–Trinajstić information content (AvgIpc) is 2.58. The van der Waals surface area contributed by atoms with Crippen LogP contribution in [0.1, 0.15) is 25.7 Å². The van der Waals surface area contributed by atoms with Gasteiger partial charge in [0, 0.05) is 13.1 Å². The van der Waals surface area contributed by atoms with Crippen LogP contribution in [0.2, 0.25) is 0 Å². The van der Waals surface area contributed by atoms with Crippen molar-refractivity contribution in [3.63, 3.8) is 0 Å². The zero-order valence-corrected chi connectivity index (χ0v) is 9.21. The summed E-state index contributed by atoms with van der Waals surface area (Å²) in [6.07, 6.45) is 4.62. The fraction of sp³-hybridized carbons (Fsp3) is 0.909. The monoisotopic (exact) mass is 212 g/mol. The number of morpholine rings is 1. The molecule has 0 bridgehead atoms. The lowest BCUT2D eigenvalue weighted by atomic mass is 10.1. The van der Waals surface area contributed by atoms with E-state index in [1.807, 2.05) is 4.90 Å². The number of ether oxygens (including phenoxy) is 1. The molecule has 2 rings (SSSR count). The molecule has 0 spiro atoms. The van der Waals surface area contributed by atoms with E-state index in [1.54, 1.807) is 0 Å². The lowest BCUT2D eigenvalue weighted by molar-refractivity contribution is -0.137. The van der Waals surface area contributed by atoms with Gasteiger partial charge in [-0.05, 0) is 19.4 Å². The first-order valence-corrected chi connectivity index (χ1v) is 5.98. The Morgan fingerprint density at radius 3 is 2.80 bits per heavy atom. The van der Waals surface area contributed by atoms with Gasteiger partial charge in [0.05, 0.1) is 19.3 Å². The second kappa shape index (κ2) is 5.47. The Morgan fingerprint density at radius 1 is 1.20 bits per heavy atom. The largest absolute Gasteiger partial charge is 0.378 e. The predicted octanol–water partition coefficient (Wildman–Crippen LogP) is 0.377. The summed E-state index contributed by atoms with van der Waals surface area (Å²) < 4.78 is 5.25. The van der Waals surface area contributed by atoms with Crippen molar-refractivity contribution in [3.8, 4) is 0 Å². The first kappa shape index (κ1) is 10.9. The van der Waals surface area contributed by atoms with Crippen LogP contribution in [-0.4, -0.2) is 49.7 Å². The third-order valence-corrected chi connectivity index (χ3v) is 3.18. The molecule has 0 aromatic carbocycles. The topological polar surface area (TPSA) is 41.6 Å². The van der Waals surface area contributed by atoms with E-state index in [0.717, 1.165) is 26.1 Å². The number of hydrogen-bond acceptors (Lipinski definition) is 3. The van der Waals surface area contributed by atoms with Crippen molar-refractivity contribution in [2.45, 2.75) is 31.7 Å². The van der Waals surface area contributed by atoms with Gasteiger partial charge in [0.25, 0.3) is 0 Å². The summed E-state index contributed by atoms with van der Waals surface area (Å²) in [6, 6.07) is 0.0607. The summed E-state index contributed by atoms with van der Waals surface area (Å²) >= 11 is 0. The fourth-order valence-electron chi connectivity index (χ4n) is 2.24. The molecule has 2 aliphatic rings. The first-order chi connectivity index (χ1) is 7.38. The Kier molecular flexibility index (Phi) is 3.97. The van der Waals surface area contributed by atoms with Crippen molar-refractivity contribution < 1.29 is 9.53 Å². The Morgan fingerprint density at radius 2 is 2.00 bits per heavy atom. The number of rotatable bonds is 1. The maximum Gasteiger partial charge on any atom is 0.239 e. The fourth-order valence-corrected chi connectivity index (χ4v) is 2.24. The molecule has 4 heteroatoms. The van der Waals surface area contributed by atoms with Crippen LogP contribution in [0.4, 0.5) is 0 Å². The van der Waals surface area contributed by atoms with E-state index >= 15 is 0 Å². The van der Waals surface area contributed by atoms with E-state index in [9.17, 15) is 4.79 Å². The third-order valence-electron chi connectivity index (χ3n) is 3.18. The molecule has 0 aromatic heterocycles. The molecule has 15 heavy (non-hydrogen) atoms. The van der Waals surface area contributed by atoms with Crippen LogP contribution >= 0.6 is 0 Å². The van der Waals surface area contributed by atoms with Gasteiger partial charge in [0.15, 0.2) is 0 Å². The van der Waals surface area contributed by atoms with Crippen molar-refractivity contribution in [1.82, 2.24) is 10.2 Å². The molecule has 4 nitrogen and oxygen atoms in total. The highest BCUT2D eigenvalue weighted by atomic mass is 16.5. The summed E-state index contributed by atoms with van der Waals surface area (Å²) in [5.41, 5.74) is 0. The van der Waals surface area contributed by atoms with Crippen LogP contribution in [0.3, 0.4) is 0 Å². The molecule has 86 valence electrons. The molecule has 0 aliphatic carbocycles. The molecule has 1 atom stereocenters. The number of carbonyl (C=O) groups excluding carboxylic acids is 1. The maximum atomic E-state index is 12.1. The van der Waals surface area contributed by atoms with Gasteiger partial charge in [-0.1, -0.05) is 12.8 Å². The van der Waals surface area contributed by atoms with E-state index in [4.69, 9.17) is 4.74 Å². The summed E-state index contributed by atoms with van der Waals surface area (Å²) in [6.45, 7) is 3.89. The highest BCUT2D eigenvalue weighted by molar-refractivity contribution is 5.82. The van der Waals surface area contributed by atoms with Gasteiger partial charge in [-0.15, -0.1) is 0 Å². The van der Waals surface area contributed by atoms with Crippen molar-refractivity contribution in [2.75, 3.05) is 32.8 Å². The minimum absolute atomic E-state index is 0.0607. The minimum atomic E-state index is 0.0607. The molecule has 2 heterocycles. The Labute approximate surface area is 91.0 Å². The van der Waals surface area contributed by atoms with E-state index in [0.29, 0.717) is 13.2 Å². The summed E-state index contributed by atoms with van der Waals surface area (Å²) in [5, 5.41) is 3.35. The van der Waals surface area contributed by atoms with Crippen molar-refractivity contribution in [2.24, 2.45) is 0 Å². The molecule has 2 saturated heterocycles. The summed E-state index contributed by atoms with van der Waals surface area (Å²) in [4.78, 5) is 14.1. The maximum absolute atomic E-state index is 12.1. The second-order valence-electron chi connectivity index (χ2n) is 4.29.